The minimum atomic E-state index is -0.352. The SMILES string of the molecule is Cc1oc(-c2ccc(-c3ccccc3)cc2)nc1CCOc1cccc(COC(=O)NC2CCCCC2)c1. The van der Waals surface area contributed by atoms with E-state index >= 15 is 0 Å². The van der Waals surface area contributed by atoms with Gasteiger partial charge in [0.15, 0.2) is 0 Å². The van der Waals surface area contributed by atoms with Gasteiger partial charge in [0, 0.05) is 18.0 Å². The standard InChI is InChI=1S/C32H34N2O4/c1-23-30(34-31(38-23)27-17-15-26(16-18-27)25-10-4-2-5-11-25)19-20-36-29-14-8-9-24(21-29)22-37-32(35)33-28-12-6-3-7-13-28/h2,4-5,8-11,14-18,21,28H,3,6-7,12-13,19-20,22H2,1H3,(H,33,35). The molecule has 6 heteroatoms. The number of carbonyl (C=O) groups excluding carboxylic acids is 1. The van der Waals surface area contributed by atoms with Crippen LogP contribution in [-0.4, -0.2) is 23.7 Å². The maximum absolute atomic E-state index is 12.1. The molecule has 1 N–H and O–H groups in total. The molecule has 1 fully saturated rings. The van der Waals surface area contributed by atoms with Crippen molar-refractivity contribution in [1.82, 2.24) is 10.3 Å². The van der Waals surface area contributed by atoms with Gasteiger partial charge >= 0.3 is 6.09 Å². The largest absolute Gasteiger partial charge is 0.493 e. The van der Waals surface area contributed by atoms with Gasteiger partial charge in [0.1, 0.15) is 18.1 Å². The Labute approximate surface area is 224 Å². The molecule has 4 aromatic rings. The van der Waals surface area contributed by atoms with Gasteiger partial charge in [-0.2, -0.15) is 0 Å². The van der Waals surface area contributed by atoms with Crippen molar-refractivity contribution in [3.63, 3.8) is 0 Å². The molecule has 0 unspecified atom stereocenters. The van der Waals surface area contributed by atoms with E-state index in [1.54, 1.807) is 0 Å². The highest BCUT2D eigenvalue weighted by Gasteiger charge is 2.16. The van der Waals surface area contributed by atoms with E-state index in [9.17, 15) is 4.79 Å². The van der Waals surface area contributed by atoms with Gasteiger partial charge in [-0.05, 0) is 60.7 Å². The lowest BCUT2D eigenvalue weighted by molar-refractivity contribution is 0.133. The van der Waals surface area contributed by atoms with Crippen LogP contribution in [0.3, 0.4) is 0 Å². The molecule has 5 rings (SSSR count). The van der Waals surface area contributed by atoms with Crippen molar-refractivity contribution in [2.45, 2.75) is 58.1 Å². The number of rotatable bonds is 9. The lowest BCUT2D eigenvalue weighted by Gasteiger charge is -2.22. The normalized spacial score (nSPS) is 13.7. The molecule has 3 aromatic carbocycles. The number of oxazole rings is 1. The first-order chi connectivity index (χ1) is 18.6. The number of benzene rings is 3. The molecule has 0 saturated heterocycles. The van der Waals surface area contributed by atoms with Crippen LogP contribution in [0.1, 0.15) is 49.1 Å². The van der Waals surface area contributed by atoms with Gasteiger partial charge in [-0.15, -0.1) is 0 Å². The van der Waals surface area contributed by atoms with Gasteiger partial charge in [0.2, 0.25) is 5.89 Å². The molecule has 1 aliphatic carbocycles. The van der Waals surface area contributed by atoms with Crippen molar-refractivity contribution in [2.24, 2.45) is 0 Å². The molecule has 6 nitrogen and oxygen atoms in total. The van der Waals surface area contributed by atoms with Crippen LogP contribution in [0.15, 0.2) is 83.3 Å². The Morgan fingerprint density at radius 1 is 0.921 bits per heavy atom. The average molecular weight is 511 g/mol. The summed E-state index contributed by atoms with van der Waals surface area (Å²) in [4.78, 5) is 16.9. The number of aryl methyl sites for hydroxylation is 1. The smallest absolute Gasteiger partial charge is 0.407 e. The van der Waals surface area contributed by atoms with E-state index in [-0.39, 0.29) is 18.7 Å². The highest BCUT2D eigenvalue weighted by Crippen LogP contribution is 2.26. The number of alkyl carbamates (subject to hydrolysis) is 1. The summed E-state index contributed by atoms with van der Waals surface area (Å²) in [6.07, 6.45) is 5.93. The highest BCUT2D eigenvalue weighted by atomic mass is 16.5. The van der Waals surface area contributed by atoms with Crippen molar-refractivity contribution >= 4 is 6.09 Å². The third-order valence-corrected chi connectivity index (χ3v) is 6.93. The van der Waals surface area contributed by atoms with E-state index < -0.39 is 0 Å². The molecule has 1 amide bonds. The number of aromatic nitrogens is 1. The van der Waals surface area contributed by atoms with Gasteiger partial charge in [-0.3, -0.25) is 0 Å². The van der Waals surface area contributed by atoms with Crippen LogP contribution in [0.25, 0.3) is 22.6 Å². The van der Waals surface area contributed by atoms with E-state index in [2.05, 4.69) is 29.6 Å². The second-order valence-corrected chi connectivity index (χ2v) is 9.77. The van der Waals surface area contributed by atoms with Crippen molar-refractivity contribution in [1.29, 1.82) is 0 Å². The zero-order valence-electron chi connectivity index (χ0n) is 21.8. The molecule has 0 aliphatic heterocycles. The summed E-state index contributed by atoms with van der Waals surface area (Å²) in [6.45, 7) is 2.61. The van der Waals surface area contributed by atoms with Gasteiger partial charge in [-0.25, -0.2) is 9.78 Å². The monoisotopic (exact) mass is 510 g/mol. The van der Waals surface area contributed by atoms with Gasteiger partial charge in [-0.1, -0.05) is 73.9 Å². The van der Waals surface area contributed by atoms with Crippen LogP contribution in [-0.2, 0) is 17.8 Å². The van der Waals surface area contributed by atoms with E-state index in [1.807, 2.05) is 61.5 Å². The number of carbonyl (C=O) groups is 1. The average Bonchev–Trinajstić information content (AvgIpc) is 3.33. The Bertz CT molecular complexity index is 1330. The Balaban J connectivity index is 1.11. The minimum absolute atomic E-state index is 0.213. The first kappa shape index (κ1) is 25.6. The van der Waals surface area contributed by atoms with E-state index in [0.29, 0.717) is 18.9 Å². The summed E-state index contributed by atoms with van der Waals surface area (Å²) in [6, 6.07) is 26.4. The van der Waals surface area contributed by atoms with Crippen LogP contribution < -0.4 is 10.1 Å². The Morgan fingerprint density at radius 2 is 1.66 bits per heavy atom. The van der Waals surface area contributed by atoms with Gasteiger partial charge in [0.25, 0.3) is 0 Å². The molecule has 1 aliphatic rings. The first-order valence-corrected chi connectivity index (χ1v) is 13.4. The summed E-state index contributed by atoms with van der Waals surface area (Å²) < 4.78 is 17.4. The highest BCUT2D eigenvalue weighted by molar-refractivity contribution is 5.68. The van der Waals surface area contributed by atoms with E-state index in [4.69, 9.17) is 18.9 Å². The zero-order valence-corrected chi connectivity index (χ0v) is 21.8. The quantitative estimate of drug-likeness (QED) is 0.252. The van der Waals surface area contributed by atoms with Gasteiger partial charge in [0.05, 0.1) is 12.3 Å². The summed E-state index contributed by atoms with van der Waals surface area (Å²) in [5.41, 5.74) is 5.05. The molecule has 1 aromatic heterocycles. The predicted molar refractivity (Wildman–Crippen MR) is 148 cm³/mol. The maximum atomic E-state index is 12.1. The van der Waals surface area contributed by atoms with E-state index in [1.165, 1.54) is 24.8 Å². The molecule has 0 bridgehead atoms. The van der Waals surface area contributed by atoms with Crippen molar-refractivity contribution in [3.8, 4) is 28.3 Å². The molecule has 0 radical (unpaired) electrons. The number of amides is 1. The van der Waals surface area contributed by atoms with E-state index in [0.717, 1.165) is 46.7 Å². The fraction of sp³-hybridized carbons (Fsp3) is 0.312. The number of hydrogen-bond donors (Lipinski definition) is 1. The van der Waals surface area contributed by atoms with Crippen LogP contribution in [0.2, 0.25) is 0 Å². The van der Waals surface area contributed by atoms with Crippen molar-refractivity contribution in [2.75, 3.05) is 6.61 Å². The number of nitrogens with one attached hydrogen (secondary N) is 1. The van der Waals surface area contributed by atoms with Crippen LogP contribution in [0.5, 0.6) is 5.75 Å². The fourth-order valence-electron chi connectivity index (χ4n) is 4.81. The second-order valence-electron chi connectivity index (χ2n) is 9.77. The predicted octanol–water partition coefficient (Wildman–Crippen LogP) is 7.50. The lowest BCUT2D eigenvalue weighted by atomic mass is 9.96. The second kappa shape index (κ2) is 12.5. The lowest BCUT2D eigenvalue weighted by Crippen LogP contribution is -2.36. The summed E-state index contributed by atoms with van der Waals surface area (Å²) in [5.74, 6) is 2.14. The number of nitrogens with zero attached hydrogens (tertiary/aromatic N) is 1. The maximum Gasteiger partial charge on any atom is 0.407 e. The third-order valence-electron chi connectivity index (χ3n) is 6.93. The Hall–Kier alpha value is -4.06. The van der Waals surface area contributed by atoms with Crippen LogP contribution >= 0.6 is 0 Å². The molecule has 1 heterocycles. The Morgan fingerprint density at radius 3 is 2.45 bits per heavy atom. The van der Waals surface area contributed by atoms with Crippen molar-refractivity contribution < 1.29 is 18.7 Å². The van der Waals surface area contributed by atoms with Gasteiger partial charge < -0.3 is 19.2 Å². The summed E-state index contributed by atoms with van der Waals surface area (Å²) >= 11 is 0. The summed E-state index contributed by atoms with van der Waals surface area (Å²) in [5, 5.41) is 2.98. The molecule has 196 valence electrons. The Kier molecular flexibility index (Phi) is 8.39. The molecular weight excluding hydrogens is 476 g/mol. The number of hydrogen-bond acceptors (Lipinski definition) is 5. The zero-order chi connectivity index (χ0) is 26.2. The first-order valence-electron chi connectivity index (χ1n) is 13.4. The number of ether oxygens (including phenoxy) is 2. The summed E-state index contributed by atoms with van der Waals surface area (Å²) in [7, 11) is 0. The molecule has 0 spiro atoms. The molecule has 1 saturated carbocycles. The van der Waals surface area contributed by atoms with Crippen molar-refractivity contribution in [3.05, 3.63) is 95.9 Å². The molecule has 38 heavy (non-hydrogen) atoms. The fourth-order valence-corrected chi connectivity index (χ4v) is 4.81. The topological polar surface area (TPSA) is 73.6 Å². The molecular formula is C32H34N2O4. The minimum Gasteiger partial charge on any atom is -0.493 e. The van der Waals surface area contributed by atoms with Crippen LogP contribution in [0.4, 0.5) is 4.79 Å². The van der Waals surface area contributed by atoms with Crippen LogP contribution in [0, 0.1) is 6.92 Å². The third kappa shape index (κ3) is 6.82. The molecule has 0 atom stereocenters.